The van der Waals surface area contributed by atoms with Gasteiger partial charge in [-0.15, -0.1) is 0 Å². The van der Waals surface area contributed by atoms with E-state index >= 15 is 0 Å². The van der Waals surface area contributed by atoms with Gasteiger partial charge in [0.25, 0.3) is 11.3 Å². The van der Waals surface area contributed by atoms with Crippen molar-refractivity contribution in [3.63, 3.8) is 0 Å². The fourth-order valence-electron chi connectivity index (χ4n) is 1.95. The van der Waals surface area contributed by atoms with Gasteiger partial charge in [0.05, 0.1) is 5.02 Å². The predicted octanol–water partition coefficient (Wildman–Crippen LogP) is 1.40. The Morgan fingerprint density at radius 2 is 2.19 bits per heavy atom. The number of aromatic nitrogens is 1. The molecule has 1 aromatic heterocycles. The minimum absolute atomic E-state index is 0.207. The summed E-state index contributed by atoms with van der Waals surface area (Å²) < 4.78 is 22.3. The summed E-state index contributed by atoms with van der Waals surface area (Å²) in [5.41, 5.74) is 1.67. The van der Waals surface area contributed by atoms with E-state index < -0.39 is 11.3 Å². The van der Waals surface area contributed by atoms with Crippen LogP contribution < -0.4 is 9.45 Å². The molecule has 1 unspecified atom stereocenters. The summed E-state index contributed by atoms with van der Waals surface area (Å²) in [6.07, 6.45) is 4.62. The maximum Gasteiger partial charge on any atom is 0.259 e. The first-order chi connectivity index (χ1) is 7.59. The normalized spacial score (nSPS) is 16.6. The van der Waals surface area contributed by atoms with Crippen molar-refractivity contribution in [3.05, 3.63) is 27.7 Å². The number of rotatable bonds is 2. The third-order valence-electron chi connectivity index (χ3n) is 2.65. The topological polar surface area (TPSA) is 76.3 Å². The highest BCUT2D eigenvalue weighted by Gasteiger charge is 2.23. The van der Waals surface area contributed by atoms with Crippen molar-refractivity contribution in [2.24, 2.45) is 0 Å². The molecule has 88 valence electrons. The van der Waals surface area contributed by atoms with Gasteiger partial charge < -0.3 is 5.21 Å². The highest BCUT2D eigenvalue weighted by molar-refractivity contribution is 7.80. The summed E-state index contributed by atoms with van der Waals surface area (Å²) in [5, 5.41) is 12.0. The lowest BCUT2D eigenvalue weighted by molar-refractivity contribution is -0.614. The fraction of sp³-hybridized carbons (Fsp3) is 0.444. The molecule has 1 heterocycles. The Labute approximate surface area is 100 Å². The third-order valence-corrected chi connectivity index (χ3v) is 3.48. The van der Waals surface area contributed by atoms with Gasteiger partial charge in [0.1, 0.15) is 5.69 Å². The minimum Gasteiger partial charge on any atom is -0.618 e. The first kappa shape index (κ1) is 11.6. The number of nitrogens with zero attached hydrogens (tertiary/aromatic N) is 1. The number of pyridine rings is 1. The summed E-state index contributed by atoms with van der Waals surface area (Å²) in [6, 6.07) is 0. The van der Waals surface area contributed by atoms with Crippen LogP contribution in [0.1, 0.15) is 24.1 Å². The van der Waals surface area contributed by atoms with Crippen LogP contribution in [-0.2, 0) is 24.1 Å². The number of hydrogen-bond donors (Lipinski definition) is 2. The van der Waals surface area contributed by atoms with Gasteiger partial charge in [0.2, 0.25) is 6.20 Å². The molecule has 2 rings (SSSR count). The average molecular weight is 263 g/mol. The molecule has 0 fully saturated rings. The van der Waals surface area contributed by atoms with Gasteiger partial charge in [0, 0.05) is 12.0 Å². The smallest absolute Gasteiger partial charge is 0.259 e. The van der Waals surface area contributed by atoms with Crippen LogP contribution in [-0.4, -0.2) is 8.76 Å². The van der Waals surface area contributed by atoms with E-state index in [9.17, 15) is 9.42 Å². The minimum atomic E-state index is -2.22. The zero-order chi connectivity index (χ0) is 11.7. The lowest BCUT2D eigenvalue weighted by atomic mass is 9.96. The van der Waals surface area contributed by atoms with Crippen molar-refractivity contribution < 1.29 is 13.5 Å². The van der Waals surface area contributed by atoms with Crippen LogP contribution in [0, 0.1) is 5.21 Å². The Morgan fingerprint density at radius 1 is 1.50 bits per heavy atom. The molecule has 16 heavy (non-hydrogen) atoms. The van der Waals surface area contributed by atoms with Gasteiger partial charge in [-0.05, 0) is 19.3 Å². The number of anilines is 1. The number of halogens is 1. The van der Waals surface area contributed by atoms with Crippen LogP contribution in [0.25, 0.3) is 0 Å². The molecule has 0 saturated carbocycles. The molecule has 0 saturated heterocycles. The largest absolute Gasteiger partial charge is 0.618 e. The second-order valence-corrected chi connectivity index (χ2v) is 4.75. The lowest BCUT2D eigenvalue weighted by Crippen LogP contribution is -2.35. The van der Waals surface area contributed by atoms with Gasteiger partial charge >= 0.3 is 0 Å². The van der Waals surface area contributed by atoms with Crippen molar-refractivity contribution in [2.75, 3.05) is 4.72 Å². The van der Waals surface area contributed by atoms with Crippen molar-refractivity contribution in [2.45, 2.75) is 25.7 Å². The lowest BCUT2D eigenvalue weighted by Gasteiger charge is -2.17. The first-order valence-corrected chi connectivity index (χ1v) is 6.39. The van der Waals surface area contributed by atoms with Crippen LogP contribution in [0.15, 0.2) is 6.20 Å². The maximum atomic E-state index is 11.7. The summed E-state index contributed by atoms with van der Waals surface area (Å²) in [4.78, 5) is 0. The van der Waals surface area contributed by atoms with Crippen LogP contribution in [0.3, 0.4) is 0 Å². The van der Waals surface area contributed by atoms with Gasteiger partial charge in [-0.25, -0.2) is 4.21 Å². The SMILES string of the molecule is O=S(O)Nc1c[n+]([O-])c2c(c1Cl)CCCC2. The Morgan fingerprint density at radius 3 is 2.88 bits per heavy atom. The fourth-order valence-corrected chi connectivity index (χ4v) is 2.65. The molecule has 1 aromatic rings. The van der Waals surface area contributed by atoms with E-state index in [4.69, 9.17) is 16.2 Å². The van der Waals surface area contributed by atoms with Crippen LogP contribution in [0.4, 0.5) is 5.69 Å². The molecule has 0 spiro atoms. The Bertz CT molecular complexity index is 453. The standard InChI is InChI=1S/C9H11ClN2O3S/c10-9-6-3-1-2-4-8(6)12(13)5-7(9)11-16(14)15/h5,11H,1-4H2,(H,14,15). The van der Waals surface area contributed by atoms with E-state index in [-0.39, 0.29) is 5.69 Å². The molecule has 1 atom stereocenters. The van der Waals surface area contributed by atoms with Crippen molar-refractivity contribution in [3.8, 4) is 0 Å². The molecule has 7 heteroatoms. The highest BCUT2D eigenvalue weighted by atomic mass is 35.5. The summed E-state index contributed by atoms with van der Waals surface area (Å²) in [5.74, 6) is 0. The Balaban J connectivity index is 2.49. The first-order valence-electron chi connectivity index (χ1n) is 4.90. The van der Waals surface area contributed by atoms with Gasteiger partial charge in [-0.1, -0.05) is 11.6 Å². The molecule has 0 amide bonds. The zero-order valence-electron chi connectivity index (χ0n) is 8.40. The quantitative estimate of drug-likeness (QED) is 0.481. The zero-order valence-corrected chi connectivity index (χ0v) is 9.98. The summed E-state index contributed by atoms with van der Waals surface area (Å²) in [6.45, 7) is 0. The molecular formula is C9H11ClN2O3S. The predicted molar refractivity (Wildman–Crippen MR) is 61.4 cm³/mol. The molecular weight excluding hydrogens is 252 g/mol. The van der Waals surface area contributed by atoms with Gasteiger partial charge in [0.15, 0.2) is 5.69 Å². The molecule has 0 radical (unpaired) electrons. The van der Waals surface area contributed by atoms with Crippen molar-refractivity contribution >= 4 is 28.6 Å². The number of fused-ring (bicyclic) bond motifs is 1. The van der Waals surface area contributed by atoms with Crippen molar-refractivity contribution in [1.29, 1.82) is 0 Å². The van der Waals surface area contributed by atoms with Gasteiger partial charge in [-0.3, -0.25) is 9.27 Å². The van der Waals surface area contributed by atoms with Gasteiger partial charge in [-0.2, -0.15) is 4.73 Å². The molecule has 5 nitrogen and oxygen atoms in total. The van der Waals surface area contributed by atoms with E-state index in [1.165, 1.54) is 6.20 Å². The second-order valence-electron chi connectivity index (χ2n) is 3.67. The molecule has 0 aliphatic heterocycles. The van der Waals surface area contributed by atoms with Crippen LogP contribution in [0.5, 0.6) is 0 Å². The second kappa shape index (κ2) is 4.57. The molecule has 0 aromatic carbocycles. The van der Waals surface area contributed by atoms with Crippen LogP contribution in [0.2, 0.25) is 5.02 Å². The third kappa shape index (κ3) is 2.14. The maximum absolute atomic E-state index is 11.7. The van der Waals surface area contributed by atoms with E-state index in [2.05, 4.69) is 4.72 Å². The van der Waals surface area contributed by atoms with E-state index in [0.29, 0.717) is 17.1 Å². The Hall–Kier alpha value is -0.850. The summed E-state index contributed by atoms with van der Waals surface area (Å²) in [7, 11) is 0. The number of nitrogens with one attached hydrogen (secondary N) is 1. The van der Waals surface area contributed by atoms with E-state index in [1.807, 2.05) is 0 Å². The van der Waals surface area contributed by atoms with E-state index in [0.717, 1.165) is 29.6 Å². The monoisotopic (exact) mass is 262 g/mol. The molecule has 2 N–H and O–H groups in total. The number of hydrogen-bond acceptors (Lipinski definition) is 2. The Kier molecular flexibility index (Phi) is 3.32. The highest BCUT2D eigenvalue weighted by Crippen LogP contribution is 2.31. The molecule has 0 bridgehead atoms. The molecule has 1 aliphatic rings. The summed E-state index contributed by atoms with van der Waals surface area (Å²) >= 11 is 3.86. The van der Waals surface area contributed by atoms with Crippen LogP contribution >= 0.6 is 11.6 Å². The average Bonchev–Trinajstić information content (AvgIpc) is 2.25. The van der Waals surface area contributed by atoms with Crippen molar-refractivity contribution in [1.82, 2.24) is 0 Å². The van der Waals surface area contributed by atoms with E-state index in [1.54, 1.807) is 0 Å². The molecule has 1 aliphatic carbocycles.